The van der Waals surface area contributed by atoms with Crippen LogP contribution in [0.3, 0.4) is 0 Å². The third kappa shape index (κ3) is 2.65. The van der Waals surface area contributed by atoms with Crippen molar-refractivity contribution in [2.45, 2.75) is 12.8 Å². The Bertz CT molecular complexity index is 416. The Balaban J connectivity index is 2.15. The molecule has 0 saturated carbocycles. The first-order chi connectivity index (χ1) is 8.20. The summed E-state index contributed by atoms with van der Waals surface area (Å²) in [6.07, 6.45) is 2.36. The van der Waals surface area contributed by atoms with Gasteiger partial charge in [0.25, 0.3) is 0 Å². The number of hydrogen-bond donors (Lipinski definition) is 1. The normalized spacial score (nSPS) is 15.8. The fourth-order valence-corrected chi connectivity index (χ4v) is 1.91. The fraction of sp³-hybridized carbons (Fsp3) is 0.455. The second-order valence-electron chi connectivity index (χ2n) is 3.95. The Morgan fingerprint density at radius 3 is 2.71 bits per heavy atom. The predicted molar refractivity (Wildman–Crippen MR) is 64.1 cm³/mol. The van der Waals surface area contributed by atoms with Gasteiger partial charge in [0, 0.05) is 25.2 Å². The van der Waals surface area contributed by atoms with E-state index < -0.39 is 4.92 Å². The molecule has 1 N–H and O–H groups in total. The van der Waals surface area contributed by atoms with Gasteiger partial charge < -0.3 is 10.2 Å². The summed E-state index contributed by atoms with van der Waals surface area (Å²) in [4.78, 5) is 10.3. The van der Waals surface area contributed by atoms with Crippen LogP contribution >= 0.6 is 0 Å². The van der Waals surface area contributed by atoms with Crippen LogP contribution < -0.4 is 10.2 Å². The molecule has 2 rings (SSSR count). The number of hydrazine groups is 1. The van der Waals surface area contributed by atoms with E-state index in [2.05, 4.69) is 10.4 Å². The Morgan fingerprint density at radius 2 is 2.12 bits per heavy atom. The van der Waals surface area contributed by atoms with Gasteiger partial charge in [0.15, 0.2) is 5.75 Å². The maximum absolute atomic E-state index is 10.7. The number of hydrogen-bond acceptors (Lipinski definition) is 5. The Kier molecular flexibility index (Phi) is 3.43. The van der Waals surface area contributed by atoms with Gasteiger partial charge in [0.2, 0.25) is 0 Å². The summed E-state index contributed by atoms with van der Waals surface area (Å²) in [6.45, 7) is 2.00. The highest BCUT2D eigenvalue weighted by Gasteiger charge is 2.16. The molecule has 0 radical (unpaired) electrons. The van der Waals surface area contributed by atoms with E-state index in [1.807, 2.05) is 0 Å². The zero-order valence-electron chi connectivity index (χ0n) is 9.68. The van der Waals surface area contributed by atoms with Gasteiger partial charge in [-0.3, -0.25) is 10.1 Å². The minimum Gasteiger partial charge on any atom is -0.490 e. The molecule has 1 aliphatic heterocycles. The summed E-state index contributed by atoms with van der Waals surface area (Å²) in [5.41, 5.74) is 4.01. The van der Waals surface area contributed by atoms with Crippen molar-refractivity contribution in [3.05, 3.63) is 28.3 Å². The molecule has 1 aromatic rings. The van der Waals surface area contributed by atoms with Gasteiger partial charge in [-0.25, -0.2) is 5.01 Å². The van der Waals surface area contributed by atoms with Crippen LogP contribution in [0, 0.1) is 10.1 Å². The van der Waals surface area contributed by atoms with E-state index in [9.17, 15) is 10.1 Å². The monoisotopic (exact) mass is 237 g/mol. The topological polar surface area (TPSA) is 67.6 Å². The lowest BCUT2D eigenvalue weighted by Crippen LogP contribution is -2.26. The third-order valence-corrected chi connectivity index (χ3v) is 2.77. The van der Waals surface area contributed by atoms with Crippen molar-refractivity contribution in [3.8, 4) is 5.75 Å². The van der Waals surface area contributed by atoms with Crippen molar-refractivity contribution < 1.29 is 9.66 Å². The van der Waals surface area contributed by atoms with Crippen molar-refractivity contribution in [1.82, 2.24) is 5.01 Å². The average Bonchev–Trinajstić information content (AvgIpc) is 2.81. The fourth-order valence-electron chi connectivity index (χ4n) is 1.91. The van der Waals surface area contributed by atoms with Crippen LogP contribution in [-0.2, 0) is 0 Å². The predicted octanol–water partition coefficient (Wildman–Crippen LogP) is 2.03. The summed E-state index contributed by atoms with van der Waals surface area (Å²) in [7, 11) is 1.43. The highest BCUT2D eigenvalue weighted by molar-refractivity contribution is 5.57. The molecule has 0 spiro atoms. The quantitative estimate of drug-likeness (QED) is 0.641. The Morgan fingerprint density at radius 1 is 1.41 bits per heavy atom. The van der Waals surface area contributed by atoms with Crippen LogP contribution in [0.4, 0.5) is 11.4 Å². The van der Waals surface area contributed by atoms with Crippen LogP contribution in [0.25, 0.3) is 0 Å². The molecular formula is C11H15N3O3. The molecule has 0 amide bonds. The molecular weight excluding hydrogens is 222 g/mol. The Hall–Kier alpha value is -1.82. The second kappa shape index (κ2) is 5.01. The lowest BCUT2D eigenvalue weighted by atomic mass is 10.2. The van der Waals surface area contributed by atoms with Crippen molar-refractivity contribution in [2.24, 2.45) is 0 Å². The number of ether oxygens (including phenoxy) is 1. The van der Waals surface area contributed by atoms with E-state index in [0.717, 1.165) is 18.8 Å². The van der Waals surface area contributed by atoms with Gasteiger partial charge in [0.1, 0.15) is 0 Å². The van der Waals surface area contributed by atoms with Gasteiger partial charge in [-0.15, -0.1) is 0 Å². The van der Waals surface area contributed by atoms with Crippen molar-refractivity contribution in [2.75, 3.05) is 25.6 Å². The van der Waals surface area contributed by atoms with E-state index >= 15 is 0 Å². The Labute approximate surface area is 99.3 Å². The SMILES string of the molecule is COc1cc(NN2CCCC2)ccc1[N+](=O)[O-]. The van der Waals surface area contributed by atoms with Crippen molar-refractivity contribution >= 4 is 11.4 Å². The molecule has 1 heterocycles. The van der Waals surface area contributed by atoms with Gasteiger partial charge in [-0.1, -0.05) is 0 Å². The molecule has 1 aliphatic rings. The molecule has 92 valence electrons. The largest absolute Gasteiger partial charge is 0.490 e. The van der Waals surface area contributed by atoms with Crippen LogP contribution in [0.2, 0.25) is 0 Å². The van der Waals surface area contributed by atoms with Crippen LogP contribution in [0.15, 0.2) is 18.2 Å². The minimum absolute atomic E-state index is 0.0144. The van der Waals surface area contributed by atoms with Gasteiger partial charge in [-0.05, 0) is 18.9 Å². The van der Waals surface area contributed by atoms with Gasteiger partial charge in [0.05, 0.1) is 17.7 Å². The molecule has 0 bridgehead atoms. The van der Waals surface area contributed by atoms with E-state index in [4.69, 9.17) is 4.74 Å². The maximum Gasteiger partial charge on any atom is 0.311 e. The smallest absolute Gasteiger partial charge is 0.311 e. The molecule has 0 aromatic heterocycles. The first kappa shape index (κ1) is 11.7. The van der Waals surface area contributed by atoms with E-state index in [-0.39, 0.29) is 11.4 Å². The van der Waals surface area contributed by atoms with E-state index in [1.165, 1.54) is 26.0 Å². The molecule has 1 fully saturated rings. The van der Waals surface area contributed by atoms with Crippen LogP contribution in [0.5, 0.6) is 5.75 Å². The number of rotatable bonds is 4. The lowest BCUT2D eigenvalue weighted by molar-refractivity contribution is -0.385. The van der Waals surface area contributed by atoms with Crippen molar-refractivity contribution in [1.29, 1.82) is 0 Å². The first-order valence-electron chi connectivity index (χ1n) is 5.55. The maximum atomic E-state index is 10.7. The molecule has 1 saturated heterocycles. The number of benzene rings is 1. The number of nitrogens with zero attached hydrogens (tertiary/aromatic N) is 2. The number of nitro benzene ring substituents is 1. The van der Waals surface area contributed by atoms with Crippen LogP contribution in [-0.4, -0.2) is 30.1 Å². The van der Waals surface area contributed by atoms with E-state index in [1.54, 1.807) is 12.1 Å². The highest BCUT2D eigenvalue weighted by atomic mass is 16.6. The molecule has 17 heavy (non-hydrogen) atoms. The average molecular weight is 237 g/mol. The molecule has 6 heteroatoms. The molecule has 0 unspecified atom stereocenters. The summed E-state index contributed by atoms with van der Waals surface area (Å²) in [5, 5.41) is 12.8. The highest BCUT2D eigenvalue weighted by Crippen LogP contribution is 2.30. The minimum atomic E-state index is -0.446. The lowest BCUT2D eigenvalue weighted by Gasteiger charge is -2.18. The second-order valence-corrected chi connectivity index (χ2v) is 3.95. The first-order valence-corrected chi connectivity index (χ1v) is 5.55. The number of methoxy groups -OCH3 is 1. The number of nitro groups is 1. The summed E-state index contributed by atoms with van der Waals surface area (Å²) in [6, 6.07) is 4.80. The van der Waals surface area contributed by atoms with Crippen LogP contribution in [0.1, 0.15) is 12.8 Å². The number of nitrogens with one attached hydrogen (secondary N) is 1. The number of anilines is 1. The summed E-state index contributed by atoms with van der Waals surface area (Å²) >= 11 is 0. The summed E-state index contributed by atoms with van der Waals surface area (Å²) in [5.74, 6) is 0.277. The zero-order chi connectivity index (χ0) is 12.3. The van der Waals surface area contributed by atoms with Gasteiger partial charge in [-0.2, -0.15) is 0 Å². The van der Waals surface area contributed by atoms with Crippen molar-refractivity contribution in [3.63, 3.8) is 0 Å². The molecule has 0 atom stereocenters. The molecule has 1 aromatic carbocycles. The molecule has 0 aliphatic carbocycles. The van der Waals surface area contributed by atoms with E-state index in [0.29, 0.717) is 0 Å². The summed E-state index contributed by atoms with van der Waals surface area (Å²) < 4.78 is 5.01. The zero-order valence-corrected chi connectivity index (χ0v) is 9.68. The third-order valence-electron chi connectivity index (χ3n) is 2.77. The standard InChI is InChI=1S/C11H15N3O3/c1-17-11-8-9(4-5-10(11)14(15)16)12-13-6-2-3-7-13/h4-5,8,12H,2-3,6-7H2,1H3. The van der Waals surface area contributed by atoms with Gasteiger partial charge >= 0.3 is 5.69 Å². The molecule has 6 nitrogen and oxygen atoms in total.